The smallest absolute Gasteiger partial charge is 0 e. The number of rotatable bonds is 0. The van der Waals surface area contributed by atoms with Crippen molar-refractivity contribution in [3.63, 3.8) is 0 Å². The second-order valence-electron chi connectivity index (χ2n) is 0.289. The van der Waals surface area contributed by atoms with E-state index in [4.69, 9.17) is 14.2 Å². The Morgan fingerprint density at radius 2 is 1.20 bits per heavy atom. The minimum atomic E-state index is 0. The van der Waals surface area contributed by atoms with Gasteiger partial charge in [0, 0.05) is 17.1 Å². The van der Waals surface area contributed by atoms with Gasteiger partial charge in [-0.05, 0) is 6.92 Å². The molecule has 5 heteroatoms. The summed E-state index contributed by atoms with van der Waals surface area (Å²) in [6, 6.07) is 0. The molecule has 0 aromatic rings. The largest absolute Gasteiger partial charge is 0.103 e. The van der Waals surface area contributed by atoms with Gasteiger partial charge in [0.25, 0.3) is 0 Å². The zero-order chi connectivity index (χ0) is 8.71. The van der Waals surface area contributed by atoms with Crippen LogP contribution in [-0.4, -0.2) is 0 Å². The third-order valence-electron chi connectivity index (χ3n) is 0. The third-order valence-corrected chi connectivity index (χ3v) is 0. The Morgan fingerprint density at radius 3 is 1.20 bits per heavy atom. The van der Waals surface area contributed by atoms with E-state index in [2.05, 4.69) is 32.4 Å². The van der Waals surface area contributed by atoms with Gasteiger partial charge in [0.2, 0.25) is 0 Å². The molecular formula is C5H6FeNO3. The standard InChI is InChI=1S/C3H5.2CO.Fe.HNO/c1-3-2;2*1-2;;1-2/h3H,1-2H2;;;;1H. The number of nitroso groups, excluding NO2 is 1. The van der Waals surface area contributed by atoms with Crippen LogP contribution in [-0.2, 0) is 26.4 Å². The summed E-state index contributed by atoms with van der Waals surface area (Å²) in [7, 11) is 0. The van der Waals surface area contributed by atoms with Crippen LogP contribution < -0.4 is 0 Å². The van der Waals surface area contributed by atoms with Crippen LogP contribution in [0.4, 0.5) is 0 Å². The zero-order valence-electron chi connectivity index (χ0n) is 5.07. The summed E-state index contributed by atoms with van der Waals surface area (Å²) < 4.78 is 15.0. The summed E-state index contributed by atoms with van der Waals surface area (Å²) in [5.41, 5.74) is 4.50. The van der Waals surface area contributed by atoms with E-state index < -0.39 is 0 Å². The molecule has 0 saturated heterocycles. The summed E-state index contributed by atoms with van der Waals surface area (Å²) in [6.45, 7) is 15.5. The Bertz CT molecular complexity index is 65.8. The van der Waals surface area contributed by atoms with E-state index in [-0.39, 0.29) is 17.1 Å². The molecule has 1 N–H and O–H groups in total. The molecule has 0 amide bonds. The normalized spacial score (nSPS) is 2.10. The molecule has 10 heavy (non-hydrogen) atoms. The second kappa shape index (κ2) is 3900. The van der Waals surface area contributed by atoms with Crippen molar-refractivity contribution < 1.29 is 26.4 Å². The Labute approximate surface area is 70.4 Å². The van der Waals surface area contributed by atoms with E-state index in [0.29, 0.717) is 0 Å². The minimum Gasteiger partial charge on any atom is -0.103 e. The summed E-state index contributed by atoms with van der Waals surface area (Å²) in [4.78, 5) is 7.50. The van der Waals surface area contributed by atoms with Crippen LogP contribution in [0.5, 0.6) is 0 Å². The van der Waals surface area contributed by atoms with E-state index in [9.17, 15) is 0 Å². The molecule has 0 aromatic heterocycles. The fourth-order valence-corrected chi connectivity index (χ4v) is 0. The van der Waals surface area contributed by atoms with Crippen LogP contribution in [0.3, 0.4) is 0 Å². The van der Waals surface area contributed by atoms with E-state index in [1.807, 2.05) is 0 Å². The molecule has 0 aliphatic carbocycles. The van der Waals surface area contributed by atoms with Crippen LogP contribution >= 0.6 is 0 Å². The van der Waals surface area contributed by atoms with E-state index in [1.54, 1.807) is 0 Å². The molecule has 0 aliphatic rings. The monoisotopic (exact) mass is 184 g/mol. The van der Waals surface area contributed by atoms with Gasteiger partial charge < -0.3 is 0 Å². The molecule has 0 rings (SSSR count). The molecule has 0 unspecified atom stereocenters. The summed E-state index contributed by atoms with van der Waals surface area (Å²) >= 11 is 0. The molecule has 1 radical (unpaired) electrons. The number of hydrogen-bond acceptors (Lipinski definition) is 2. The zero-order valence-corrected chi connectivity index (χ0v) is 6.17. The Morgan fingerprint density at radius 1 is 1.20 bits per heavy atom. The van der Waals surface area contributed by atoms with Crippen molar-refractivity contribution in [3.8, 4) is 0 Å². The maximum atomic E-state index is 7.50. The first kappa shape index (κ1) is 34.5. The predicted molar refractivity (Wildman–Crippen MR) is 29.5 cm³/mol. The second-order valence-corrected chi connectivity index (χ2v) is 0.289. The van der Waals surface area contributed by atoms with Crippen molar-refractivity contribution in [3.05, 3.63) is 37.8 Å². The third kappa shape index (κ3) is 676. The molecule has 57 valence electrons. The maximum absolute atomic E-state index is 7.50. The SMILES string of the molecule is N=O.[C-]#[O+].[C-]#[O+].[CH2]C=C.[Fe]. The van der Waals surface area contributed by atoms with E-state index in [0.717, 1.165) is 0 Å². The quantitative estimate of drug-likeness (QED) is 0.261. The van der Waals surface area contributed by atoms with Gasteiger partial charge in [0.1, 0.15) is 0 Å². The van der Waals surface area contributed by atoms with Crippen LogP contribution in [0.2, 0.25) is 0 Å². The van der Waals surface area contributed by atoms with Crippen molar-refractivity contribution in [2.24, 2.45) is 0 Å². The molecule has 0 spiro atoms. The van der Waals surface area contributed by atoms with Crippen molar-refractivity contribution in [1.29, 1.82) is 5.59 Å². The van der Waals surface area contributed by atoms with Crippen LogP contribution in [0.1, 0.15) is 0 Å². The molecule has 4 nitrogen and oxygen atoms in total. The van der Waals surface area contributed by atoms with Crippen molar-refractivity contribution >= 4 is 0 Å². The molecule has 0 aliphatic heterocycles. The summed E-state index contributed by atoms with van der Waals surface area (Å²) in [5, 5.41) is 0. The van der Waals surface area contributed by atoms with Gasteiger partial charge in [-0.2, -0.15) is 4.91 Å². The molecule has 0 aromatic carbocycles. The average Bonchev–Trinajstić information content (AvgIpc) is 2.01. The van der Waals surface area contributed by atoms with E-state index >= 15 is 0 Å². The van der Waals surface area contributed by atoms with Gasteiger partial charge in [0.05, 0.1) is 0 Å². The van der Waals surface area contributed by atoms with Crippen LogP contribution in [0, 0.1) is 30.7 Å². The Kier molecular flexibility index (Phi) is 13400. The predicted octanol–water partition coefficient (Wildman–Crippen LogP) is 1.26. The van der Waals surface area contributed by atoms with Gasteiger partial charge >= 0.3 is 22.6 Å². The Balaban J connectivity index is -0.0000000110. The van der Waals surface area contributed by atoms with Gasteiger partial charge in [-0.25, -0.2) is 0 Å². The summed E-state index contributed by atoms with van der Waals surface area (Å²) in [6.07, 6.45) is 1.50. The first-order valence-electron chi connectivity index (χ1n) is 1.43. The van der Waals surface area contributed by atoms with E-state index in [1.165, 1.54) is 6.08 Å². The van der Waals surface area contributed by atoms with Gasteiger partial charge in [-0.3, -0.25) is 0 Å². The molecule has 0 heterocycles. The Hall–Kier alpha value is -0.661. The fourth-order valence-electron chi connectivity index (χ4n) is 0. The molecule has 0 saturated carbocycles. The molecule has 0 fully saturated rings. The summed E-state index contributed by atoms with van der Waals surface area (Å²) in [5.74, 6) is 0. The average molecular weight is 184 g/mol. The van der Waals surface area contributed by atoms with Gasteiger partial charge in [-0.15, -0.1) is 6.58 Å². The molecule has 0 bridgehead atoms. The number of nitrogens with one attached hydrogen (secondary N) is 1. The number of hydrogen-bond donors (Lipinski definition) is 1. The minimum absolute atomic E-state index is 0. The topological polar surface area (TPSA) is 80.7 Å². The fraction of sp³-hybridized carbons (Fsp3) is 0. The van der Waals surface area contributed by atoms with Gasteiger partial charge in [0.15, 0.2) is 0 Å². The van der Waals surface area contributed by atoms with Crippen molar-refractivity contribution in [2.75, 3.05) is 0 Å². The maximum Gasteiger partial charge on any atom is 0 e. The van der Waals surface area contributed by atoms with Crippen LogP contribution in [0.15, 0.2) is 12.7 Å². The van der Waals surface area contributed by atoms with Crippen molar-refractivity contribution in [1.82, 2.24) is 0 Å². The molecule has 0 atom stereocenters. The van der Waals surface area contributed by atoms with Crippen LogP contribution in [0.25, 0.3) is 0 Å². The van der Waals surface area contributed by atoms with Gasteiger partial charge in [-0.1, -0.05) is 11.7 Å². The first-order valence-corrected chi connectivity index (χ1v) is 1.43. The van der Waals surface area contributed by atoms with Crippen molar-refractivity contribution in [2.45, 2.75) is 0 Å². The first-order chi connectivity index (χ1) is 4.41. The number of allylic oxidation sites excluding steroid dienone is 1. The molecular weight excluding hydrogens is 178 g/mol.